The lowest BCUT2D eigenvalue weighted by Gasteiger charge is -2.24. The molecule has 3 nitrogen and oxygen atoms in total. The van der Waals surface area contributed by atoms with Crippen LogP contribution in [-0.4, -0.2) is 16.1 Å². The zero-order valence-corrected chi connectivity index (χ0v) is 9.59. The summed E-state index contributed by atoms with van der Waals surface area (Å²) in [5, 5.41) is 12.1. The van der Waals surface area contributed by atoms with Gasteiger partial charge in [0.1, 0.15) is 0 Å². The fourth-order valence-electron chi connectivity index (χ4n) is 2.15. The number of nitrogens with zero attached hydrogens (tertiary/aromatic N) is 1. The summed E-state index contributed by atoms with van der Waals surface area (Å²) in [5.41, 5.74) is 1.08. The Morgan fingerprint density at radius 1 is 1.47 bits per heavy atom. The first kappa shape index (κ1) is 10.6. The van der Waals surface area contributed by atoms with Crippen molar-refractivity contribution in [1.82, 2.24) is 4.98 Å². The van der Waals surface area contributed by atoms with E-state index >= 15 is 0 Å². The highest BCUT2D eigenvalue weighted by Crippen LogP contribution is 2.36. The summed E-state index contributed by atoms with van der Waals surface area (Å²) in [7, 11) is 0. The smallest absolute Gasteiger partial charge is 0.306 e. The lowest BCUT2D eigenvalue weighted by Crippen LogP contribution is -2.20. The second-order valence-corrected chi connectivity index (χ2v) is 5.10. The number of carboxylic acid groups (broad SMARTS) is 1. The molecule has 0 unspecified atom stereocenters. The molecule has 15 heavy (non-hydrogen) atoms. The van der Waals surface area contributed by atoms with Crippen LogP contribution in [0.1, 0.15) is 42.3 Å². The van der Waals surface area contributed by atoms with Crippen molar-refractivity contribution in [2.45, 2.75) is 38.5 Å². The van der Waals surface area contributed by atoms with Gasteiger partial charge in [0.2, 0.25) is 0 Å². The van der Waals surface area contributed by atoms with Crippen molar-refractivity contribution in [2.24, 2.45) is 5.92 Å². The molecule has 0 aromatic carbocycles. The normalized spacial score (nSPS) is 26.5. The topological polar surface area (TPSA) is 50.2 Å². The van der Waals surface area contributed by atoms with Crippen molar-refractivity contribution in [3.63, 3.8) is 0 Å². The van der Waals surface area contributed by atoms with E-state index in [-0.39, 0.29) is 5.92 Å². The van der Waals surface area contributed by atoms with E-state index in [4.69, 9.17) is 5.11 Å². The molecular weight excluding hydrogens is 210 g/mol. The average Bonchev–Trinajstić information content (AvgIpc) is 2.65. The largest absolute Gasteiger partial charge is 0.481 e. The van der Waals surface area contributed by atoms with Gasteiger partial charge in [-0.3, -0.25) is 4.79 Å². The lowest BCUT2D eigenvalue weighted by atomic mass is 9.82. The van der Waals surface area contributed by atoms with Crippen LogP contribution in [0.3, 0.4) is 0 Å². The number of aryl methyl sites for hydroxylation is 1. The van der Waals surface area contributed by atoms with Crippen LogP contribution in [0.4, 0.5) is 0 Å². The molecule has 1 aliphatic rings. The molecular formula is C11H15NO2S. The first-order chi connectivity index (χ1) is 7.16. The van der Waals surface area contributed by atoms with Crippen molar-refractivity contribution in [2.75, 3.05) is 0 Å². The van der Waals surface area contributed by atoms with Crippen molar-refractivity contribution in [3.05, 3.63) is 16.1 Å². The molecule has 0 spiro atoms. The van der Waals surface area contributed by atoms with E-state index in [1.165, 1.54) is 5.01 Å². The molecule has 1 aromatic rings. The maximum absolute atomic E-state index is 10.8. The molecule has 0 atom stereocenters. The highest BCUT2D eigenvalue weighted by atomic mass is 32.1. The van der Waals surface area contributed by atoms with E-state index < -0.39 is 5.97 Å². The van der Waals surface area contributed by atoms with E-state index in [1.54, 1.807) is 11.3 Å². The minimum absolute atomic E-state index is 0.123. The number of carbonyl (C=O) groups is 1. The maximum atomic E-state index is 10.8. The van der Waals surface area contributed by atoms with Crippen molar-refractivity contribution in [3.8, 4) is 0 Å². The second-order valence-electron chi connectivity index (χ2n) is 4.21. The summed E-state index contributed by atoms with van der Waals surface area (Å²) < 4.78 is 0. The molecule has 82 valence electrons. The Bertz CT molecular complexity index is 353. The van der Waals surface area contributed by atoms with Gasteiger partial charge in [0.15, 0.2) is 0 Å². The fourth-order valence-corrected chi connectivity index (χ4v) is 3.12. The van der Waals surface area contributed by atoms with Gasteiger partial charge in [-0.25, -0.2) is 4.98 Å². The Labute approximate surface area is 93.2 Å². The zero-order chi connectivity index (χ0) is 10.8. The van der Waals surface area contributed by atoms with E-state index in [2.05, 4.69) is 10.4 Å². The van der Waals surface area contributed by atoms with Gasteiger partial charge in [-0.1, -0.05) is 0 Å². The van der Waals surface area contributed by atoms with Crippen molar-refractivity contribution >= 4 is 17.3 Å². The summed E-state index contributed by atoms with van der Waals surface area (Å²) >= 11 is 1.71. The monoisotopic (exact) mass is 225 g/mol. The van der Waals surface area contributed by atoms with Gasteiger partial charge in [-0.15, -0.1) is 11.3 Å². The molecule has 0 saturated heterocycles. The van der Waals surface area contributed by atoms with Crippen LogP contribution < -0.4 is 0 Å². The van der Waals surface area contributed by atoms with Gasteiger partial charge in [0, 0.05) is 17.0 Å². The Hall–Kier alpha value is -0.900. The number of carboxylic acids is 1. The first-order valence-electron chi connectivity index (χ1n) is 5.31. The van der Waals surface area contributed by atoms with Gasteiger partial charge in [0.25, 0.3) is 0 Å². The molecule has 0 radical (unpaired) electrons. The number of aliphatic carboxylic acids is 1. The van der Waals surface area contributed by atoms with Gasteiger partial charge in [-0.2, -0.15) is 0 Å². The Balaban J connectivity index is 1.96. The predicted octanol–water partition coefficient (Wildman–Crippen LogP) is 2.81. The third-order valence-electron chi connectivity index (χ3n) is 3.06. The minimum Gasteiger partial charge on any atom is -0.481 e. The molecule has 0 aliphatic heterocycles. The molecule has 0 bridgehead atoms. The van der Waals surface area contributed by atoms with Gasteiger partial charge >= 0.3 is 5.97 Å². The van der Waals surface area contributed by atoms with Gasteiger partial charge in [-0.05, 0) is 32.6 Å². The van der Waals surface area contributed by atoms with Gasteiger partial charge in [0.05, 0.1) is 10.9 Å². The molecule has 0 amide bonds. The van der Waals surface area contributed by atoms with Crippen LogP contribution in [0.2, 0.25) is 0 Å². The summed E-state index contributed by atoms with van der Waals surface area (Å²) in [4.78, 5) is 15.3. The van der Waals surface area contributed by atoms with E-state index in [9.17, 15) is 4.79 Å². The van der Waals surface area contributed by atoms with E-state index in [0.29, 0.717) is 5.92 Å². The predicted molar refractivity (Wildman–Crippen MR) is 59.2 cm³/mol. The van der Waals surface area contributed by atoms with Crippen LogP contribution in [0.5, 0.6) is 0 Å². The molecule has 4 heteroatoms. The molecule has 1 fully saturated rings. The zero-order valence-electron chi connectivity index (χ0n) is 8.77. The quantitative estimate of drug-likeness (QED) is 0.842. The standard InChI is InChI=1S/C11H15NO2S/c1-7-6-15-10(12-7)8-2-4-9(5-3-8)11(13)14/h6,8-9H,2-5H2,1H3,(H,13,14)/t8-,9-. The molecule has 1 aliphatic carbocycles. The highest BCUT2D eigenvalue weighted by Gasteiger charge is 2.27. The van der Waals surface area contributed by atoms with Gasteiger partial charge < -0.3 is 5.11 Å². The Kier molecular flexibility index (Phi) is 3.05. The number of rotatable bonds is 2. The summed E-state index contributed by atoms with van der Waals surface area (Å²) in [6.07, 6.45) is 3.56. The fraction of sp³-hybridized carbons (Fsp3) is 0.636. The minimum atomic E-state index is -0.635. The first-order valence-corrected chi connectivity index (χ1v) is 6.19. The highest BCUT2D eigenvalue weighted by molar-refractivity contribution is 7.09. The Morgan fingerprint density at radius 3 is 2.60 bits per heavy atom. The maximum Gasteiger partial charge on any atom is 0.306 e. The second kappa shape index (κ2) is 4.31. The lowest BCUT2D eigenvalue weighted by molar-refractivity contribution is -0.142. The van der Waals surface area contributed by atoms with Crippen LogP contribution in [0.25, 0.3) is 0 Å². The third-order valence-corrected chi connectivity index (χ3v) is 4.19. The van der Waals surface area contributed by atoms with E-state index in [0.717, 1.165) is 31.4 Å². The summed E-state index contributed by atoms with van der Waals surface area (Å²) in [6, 6.07) is 0. The molecule has 1 N–H and O–H groups in total. The van der Waals surface area contributed by atoms with Crippen LogP contribution in [0, 0.1) is 12.8 Å². The Morgan fingerprint density at radius 2 is 2.13 bits per heavy atom. The molecule has 2 rings (SSSR count). The van der Waals surface area contributed by atoms with E-state index in [1.807, 2.05) is 6.92 Å². The summed E-state index contributed by atoms with van der Waals surface area (Å²) in [6.45, 7) is 2.00. The number of hydrogen-bond acceptors (Lipinski definition) is 3. The molecule has 1 aromatic heterocycles. The van der Waals surface area contributed by atoms with Crippen LogP contribution >= 0.6 is 11.3 Å². The van der Waals surface area contributed by atoms with Crippen molar-refractivity contribution in [1.29, 1.82) is 0 Å². The molecule has 1 saturated carbocycles. The SMILES string of the molecule is Cc1csc([C@H]2CC[C@H](C(=O)O)CC2)n1. The summed E-state index contributed by atoms with van der Waals surface area (Å²) in [5.74, 6) is -0.259. The molecule has 1 heterocycles. The average molecular weight is 225 g/mol. The number of hydrogen-bond donors (Lipinski definition) is 1. The number of thiazole rings is 1. The van der Waals surface area contributed by atoms with Crippen LogP contribution in [0.15, 0.2) is 5.38 Å². The van der Waals surface area contributed by atoms with Crippen LogP contribution in [-0.2, 0) is 4.79 Å². The number of aromatic nitrogens is 1. The third kappa shape index (κ3) is 2.37. The van der Waals surface area contributed by atoms with Crippen molar-refractivity contribution < 1.29 is 9.90 Å².